The van der Waals surface area contributed by atoms with Crippen LogP contribution >= 0.6 is 0 Å². The first-order valence-corrected chi connectivity index (χ1v) is 15.1. The van der Waals surface area contributed by atoms with Gasteiger partial charge in [0.1, 0.15) is 13.2 Å². The Morgan fingerprint density at radius 2 is 0.972 bits per heavy atom. The van der Waals surface area contributed by atoms with Crippen molar-refractivity contribution in [3.05, 3.63) is 0 Å². The van der Waals surface area contributed by atoms with Crippen molar-refractivity contribution < 1.29 is 28.5 Å². The smallest absolute Gasteiger partial charge is 0.308 e. The summed E-state index contributed by atoms with van der Waals surface area (Å²) in [6.07, 6.45) is 21.2. The summed E-state index contributed by atoms with van der Waals surface area (Å²) in [5.74, 6) is -0.254. The summed E-state index contributed by atoms with van der Waals surface area (Å²) < 4.78 is 21.4. The van der Waals surface area contributed by atoms with Crippen LogP contribution in [0.2, 0.25) is 0 Å². The number of esters is 2. The molecule has 6 heteroatoms. The third-order valence-corrected chi connectivity index (χ3v) is 6.55. The molecule has 0 N–H and O–H groups in total. The normalized spacial score (nSPS) is 12.0. The molecule has 1 unspecified atom stereocenters. The Hall–Kier alpha value is -1.14. The molecule has 0 saturated heterocycles. The molecule has 0 heterocycles. The molecule has 6 nitrogen and oxygen atoms in total. The number of unbranched alkanes of at least 4 members (excludes halogenated alkanes) is 13. The number of carbonyl (C=O) groups excluding carboxylic acids is 2. The Morgan fingerprint density at radius 1 is 0.528 bits per heavy atom. The fourth-order valence-electron chi connectivity index (χ4n) is 4.15. The fraction of sp³-hybridized carbons (Fsp3) is 0.933. The van der Waals surface area contributed by atoms with Gasteiger partial charge in [0.2, 0.25) is 0 Å². The first-order valence-electron chi connectivity index (χ1n) is 15.1. The lowest BCUT2D eigenvalue weighted by Gasteiger charge is -2.13. The van der Waals surface area contributed by atoms with E-state index in [0.717, 1.165) is 38.5 Å². The maximum atomic E-state index is 12.0. The van der Waals surface area contributed by atoms with E-state index in [0.29, 0.717) is 32.8 Å². The third-order valence-electron chi connectivity index (χ3n) is 6.55. The van der Waals surface area contributed by atoms with Gasteiger partial charge >= 0.3 is 11.9 Å². The molecule has 0 aromatic heterocycles. The summed E-state index contributed by atoms with van der Waals surface area (Å²) in [6.45, 7) is 8.57. The van der Waals surface area contributed by atoms with Crippen molar-refractivity contribution in [2.45, 2.75) is 136 Å². The molecule has 0 aliphatic rings. The number of hydrogen-bond donors (Lipinski definition) is 0. The van der Waals surface area contributed by atoms with Crippen LogP contribution in [0.15, 0.2) is 0 Å². The summed E-state index contributed by atoms with van der Waals surface area (Å²) in [5.41, 5.74) is 0. The van der Waals surface area contributed by atoms with Gasteiger partial charge in [0.05, 0.1) is 32.3 Å². The van der Waals surface area contributed by atoms with Crippen LogP contribution in [0.1, 0.15) is 136 Å². The molecule has 1 atom stereocenters. The first-order chi connectivity index (χ1) is 17.7. The van der Waals surface area contributed by atoms with Crippen molar-refractivity contribution in [1.82, 2.24) is 0 Å². The molecule has 0 saturated carbocycles. The van der Waals surface area contributed by atoms with Gasteiger partial charge in [0, 0.05) is 6.42 Å². The summed E-state index contributed by atoms with van der Waals surface area (Å²) in [7, 11) is 0. The van der Waals surface area contributed by atoms with Crippen molar-refractivity contribution in [2.24, 2.45) is 5.92 Å². The van der Waals surface area contributed by atoms with Crippen LogP contribution in [0, 0.1) is 5.92 Å². The molecular weight excluding hydrogens is 456 g/mol. The van der Waals surface area contributed by atoms with Gasteiger partial charge in [-0.25, -0.2) is 0 Å². The van der Waals surface area contributed by atoms with Gasteiger partial charge in [-0.1, -0.05) is 111 Å². The lowest BCUT2D eigenvalue weighted by Crippen LogP contribution is -2.20. The van der Waals surface area contributed by atoms with E-state index in [1.54, 1.807) is 0 Å². The molecular formula is C30H58O6. The van der Waals surface area contributed by atoms with E-state index >= 15 is 0 Å². The topological polar surface area (TPSA) is 71.1 Å². The Balaban J connectivity index is 3.32. The van der Waals surface area contributed by atoms with Crippen LogP contribution < -0.4 is 0 Å². The van der Waals surface area contributed by atoms with E-state index in [1.165, 1.54) is 70.6 Å². The van der Waals surface area contributed by atoms with E-state index in [4.69, 9.17) is 18.9 Å². The van der Waals surface area contributed by atoms with Gasteiger partial charge < -0.3 is 18.9 Å². The number of ether oxygens (including phenoxy) is 4. The number of hydrogen-bond acceptors (Lipinski definition) is 6. The zero-order valence-corrected chi connectivity index (χ0v) is 24.0. The molecule has 0 aliphatic heterocycles. The summed E-state index contributed by atoms with van der Waals surface area (Å²) in [6, 6.07) is 0. The quantitative estimate of drug-likeness (QED) is 0.0783. The van der Waals surface area contributed by atoms with Crippen LogP contribution in [0.3, 0.4) is 0 Å². The Bertz CT molecular complexity index is 482. The van der Waals surface area contributed by atoms with Gasteiger partial charge in [-0.15, -0.1) is 0 Å². The standard InChI is InChI=1S/C30H58O6/c1-4-7-9-10-11-12-13-14-15-16-17-18-19-21-29(31)35-26-24-33-22-23-34-25-27-36-30(32)28(6-3)20-8-5-2/h28H,4-27H2,1-3H3. The van der Waals surface area contributed by atoms with Crippen LogP contribution in [-0.2, 0) is 28.5 Å². The molecule has 0 radical (unpaired) electrons. The molecule has 0 fully saturated rings. The molecule has 0 aliphatic carbocycles. The van der Waals surface area contributed by atoms with Crippen molar-refractivity contribution in [1.29, 1.82) is 0 Å². The maximum Gasteiger partial charge on any atom is 0.308 e. The van der Waals surface area contributed by atoms with E-state index in [9.17, 15) is 9.59 Å². The summed E-state index contributed by atoms with van der Waals surface area (Å²) >= 11 is 0. The minimum Gasteiger partial charge on any atom is -0.463 e. The van der Waals surface area contributed by atoms with Crippen LogP contribution in [0.25, 0.3) is 0 Å². The number of carbonyl (C=O) groups is 2. The van der Waals surface area contributed by atoms with Gasteiger partial charge in [0.15, 0.2) is 0 Å². The first kappa shape index (κ1) is 34.9. The molecule has 0 spiro atoms. The van der Waals surface area contributed by atoms with E-state index in [2.05, 4.69) is 13.8 Å². The second kappa shape index (κ2) is 28.4. The molecule has 0 rings (SSSR count). The highest BCUT2D eigenvalue weighted by Gasteiger charge is 2.16. The van der Waals surface area contributed by atoms with Gasteiger partial charge in [0.25, 0.3) is 0 Å². The molecule has 214 valence electrons. The van der Waals surface area contributed by atoms with Crippen LogP contribution in [0.4, 0.5) is 0 Å². The van der Waals surface area contributed by atoms with E-state index in [-0.39, 0.29) is 31.1 Å². The Morgan fingerprint density at radius 3 is 1.47 bits per heavy atom. The Labute approximate surface area is 222 Å². The second-order valence-corrected chi connectivity index (χ2v) is 9.85. The van der Waals surface area contributed by atoms with E-state index < -0.39 is 0 Å². The van der Waals surface area contributed by atoms with Crippen LogP contribution in [0.5, 0.6) is 0 Å². The predicted octanol–water partition coefficient (Wildman–Crippen LogP) is 7.80. The van der Waals surface area contributed by atoms with Crippen molar-refractivity contribution >= 4 is 11.9 Å². The molecule has 0 aromatic rings. The highest BCUT2D eigenvalue weighted by atomic mass is 16.6. The maximum absolute atomic E-state index is 12.0. The zero-order chi connectivity index (χ0) is 26.5. The van der Waals surface area contributed by atoms with Gasteiger partial charge in [-0.05, 0) is 19.3 Å². The highest BCUT2D eigenvalue weighted by Crippen LogP contribution is 2.14. The molecule has 0 aromatic carbocycles. The second-order valence-electron chi connectivity index (χ2n) is 9.85. The summed E-state index contributed by atoms with van der Waals surface area (Å²) in [5, 5.41) is 0. The minimum absolute atomic E-state index is 0.000493. The lowest BCUT2D eigenvalue weighted by molar-refractivity contribution is -0.151. The van der Waals surface area contributed by atoms with Gasteiger partial charge in [-0.3, -0.25) is 9.59 Å². The summed E-state index contributed by atoms with van der Waals surface area (Å²) in [4.78, 5) is 23.8. The van der Waals surface area contributed by atoms with Crippen LogP contribution in [-0.4, -0.2) is 51.6 Å². The molecule has 0 amide bonds. The van der Waals surface area contributed by atoms with Crippen molar-refractivity contribution in [3.8, 4) is 0 Å². The Kier molecular flexibility index (Phi) is 27.5. The van der Waals surface area contributed by atoms with Crippen molar-refractivity contribution in [2.75, 3.05) is 39.6 Å². The lowest BCUT2D eigenvalue weighted by atomic mass is 10.00. The average molecular weight is 515 g/mol. The largest absolute Gasteiger partial charge is 0.463 e. The third kappa shape index (κ3) is 24.5. The zero-order valence-electron chi connectivity index (χ0n) is 24.0. The van der Waals surface area contributed by atoms with E-state index in [1.807, 2.05) is 6.92 Å². The number of rotatable bonds is 28. The minimum atomic E-state index is -0.135. The molecule has 0 bridgehead atoms. The average Bonchev–Trinajstić information content (AvgIpc) is 2.88. The predicted molar refractivity (Wildman–Crippen MR) is 147 cm³/mol. The molecule has 36 heavy (non-hydrogen) atoms. The van der Waals surface area contributed by atoms with Crippen molar-refractivity contribution in [3.63, 3.8) is 0 Å². The SMILES string of the molecule is CCCCCCCCCCCCCCCC(=O)OCCOCCOCCOC(=O)C(CC)CCCC. The van der Waals surface area contributed by atoms with Gasteiger partial charge in [-0.2, -0.15) is 0 Å². The monoisotopic (exact) mass is 514 g/mol. The fourth-order valence-corrected chi connectivity index (χ4v) is 4.15. The highest BCUT2D eigenvalue weighted by molar-refractivity contribution is 5.72.